The zero-order valence-corrected chi connectivity index (χ0v) is 20.4. The van der Waals surface area contributed by atoms with Gasteiger partial charge in [0.1, 0.15) is 5.82 Å². The second-order valence-electron chi connectivity index (χ2n) is 8.97. The van der Waals surface area contributed by atoms with Gasteiger partial charge in [-0.1, -0.05) is 24.3 Å². The minimum absolute atomic E-state index is 0.0544. The lowest BCUT2D eigenvalue weighted by molar-refractivity contribution is -0.141. The number of alkyl halides is 3. The van der Waals surface area contributed by atoms with Crippen molar-refractivity contribution in [2.24, 2.45) is 11.8 Å². The molecule has 0 bridgehead atoms. The molecule has 0 spiro atoms. The number of halogens is 3. The monoisotopic (exact) mass is 528 g/mol. The Balaban J connectivity index is 1.23. The number of nitrogens with zero attached hydrogens (tertiary/aromatic N) is 3. The Morgan fingerprint density at radius 1 is 0.868 bits per heavy atom. The Kier molecular flexibility index (Phi) is 8.39. The smallest absolute Gasteiger partial charge is 0.354 e. The molecule has 4 rings (SSSR count). The van der Waals surface area contributed by atoms with Crippen molar-refractivity contribution in [1.29, 1.82) is 0 Å². The maximum absolute atomic E-state index is 13.5. The average Bonchev–Trinajstić information content (AvgIpc) is 3.39. The van der Waals surface area contributed by atoms with Crippen LogP contribution in [0.1, 0.15) is 41.7 Å². The van der Waals surface area contributed by atoms with Crippen LogP contribution >= 0.6 is 0 Å². The number of benzene rings is 1. The summed E-state index contributed by atoms with van der Waals surface area (Å²) in [6.07, 6.45) is -0.00851. The lowest BCUT2D eigenvalue weighted by atomic mass is 9.81. The highest BCUT2D eigenvalue weighted by Crippen LogP contribution is 2.32. The van der Waals surface area contributed by atoms with E-state index in [1.165, 1.54) is 0 Å². The van der Waals surface area contributed by atoms with Crippen molar-refractivity contribution in [3.8, 4) is 5.69 Å². The summed E-state index contributed by atoms with van der Waals surface area (Å²) in [5.41, 5.74) is -1.50. The molecule has 200 valence electrons. The van der Waals surface area contributed by atoms with E-state index in [0.29, 0.717) is 37.2 Å². The van der Waals surface area contributed by atoms with Crippen molar-refractivity contribution in [1.82, 2.24) is 25.4 Å². The number of carbonyl (C=O) groups is 3. The van der Waals surface area contributed by atoms with Crippen molar-refractivity contribution >= 4 is 23.5 Å². The third-order valence-corrected chi connectivity index (χ3v) is 6.34. The molecule has 1 fully saturated rings. The van der Waals surface area contributed by atoms with Gasteiger partial charge in [0.15, 0.2) is 5.69 Å². The zero-order chi connectivity index (χ0) is 27.1. The van der Waals surface area contributed by atoms with E-state index < -0.39 is 23.3 Å². The van der Waals surface area contributed by atoms with Gasteiger partial charge in [0.2, 0.25) is 11.8 Å². The third kappa shape index (κ3) is 6.75. The Labute approximate surface area is 216 Å². The third-order valence-electron chi connectivity index (χ3n) is 6.34. The summed E-state index contributed by atoms with van der Waals surface area (Å²) in [7, 11) is 0. The van der Waals surface area contributed by atoms with E-state index in [4.69, 9.17) is 0 Å². The molecule has 1 aromatic carbocycles. The summed E-state index contributed by atoms with van der Waals surface area (Å²) in [5.74, 6) is -1.28. The quantitative estimate of drug-likeness (QED) is 0.387. The van der Waals surface area contributed by atoms with Crippen LogP contribution in [0.4, 0.5) is 19.0 Å². The molecule has 3 amide bonds. The van der Waals surface area contributed by atoms with Crippen molar-refractivity contribution in [3.63, 3.8) is 0 Å². The number of anilines is 1. The Morgan fingerprint density at radius 2 is 1.50 bits per heavy atom. The van der Waals surface area contributed by atoms with E-state index in [9.17, 15) is 27.6 Å². The number of pyridine rings is 1. The molecule has 0 radical (unpaired) electrons. The minimum Gasteiger partial charge on any atom is -0.354 e. The predicted molar refractivity (Wildman–Crippen MR) is 132 cm³/mol. The number of amides is 3. The molecule has 1 saturated carbocycles. The number of aromatic nitrogens is 3. The summed E-state index contributed by atoms with van der Waals surface area (Å²) in [4.78, 5) is 41.6. The molecule has 38 heavy (non-hydrogen) atoms. The number of hydrogen-bond donors (Lipinski definition) is 3. The molecule has 1 aliphatic rings. The molecule has 3 N–H and O–H groups in total. The van der Waals surface area contributed by atoms with Crippen LogP contribution in [0.25, 0.3) is 5.69 Å². The highest BCUT2D eigenvalue weighted by atomic mass is 19.4. The predicted octanol–water partition coefficient (Wildman–Crippen LogP) is 3.58. The number of rotatable bonds is 8. The van der Waals surface area contributed by atoms with Crippen molar-refractivity contribution in [3.05, 3.63) is 72.2 Å². The zero-order valence-electron chi connectivity index (χ0n) is 20.4. The molecular weight excluding hydrogens is 501 g/mol. The Hall–Kier alpha value is -4.22. The van der Waals surface area contributed by atoms with Crippen LogP contribution in [0.2, 0.25) is 0 Å². The van der Waals surface area contributed by atoms with Crippen LogP contribution in [0, 0.1) is 11.8 Å². The fourth-order valence-electron chi connectivity index (χ4n) is 4.35. The van der Waals surface area contributed by atoms with Crippen LogP contribution in [0.3, 0.4) is 0 Å². The van der Waals surface area contributed by atoms with E-state index in [1.54, 1.807) is 54.7 Å². The number of hydrogen-bond acceptors (Lipinski definition) is 5. The lowest BCUT2D eigenvalue weighted by Gasteiger charge is -2.27. The maximum atomic E-state index is 13.5. The maximum Gasteiger partial charge on any atom is 0.435 e. The fraction of sp³-hybridized carbons (Fsp3) is 0.346. The molecular formula is C26H27F3N6O3. The number of carbonyl (C=O) groups excluding carboxylic acids is 3. The molecule has 12 heteroatoms. The molecule has 2 aromatic heterocycles. The topological polar surface area (TPSA) is 118 Å². The molecule has 0 saturated heterocycles. The highest BCUT2D eigenvalue weighted by molar-refractivity contribution is 5.95. The summed E-state index contributed by atoms with van der Waals surface area (Å²) < 4.78 is 41.5. The van der Waals surface area contributed by atoms with Gasteiger partial charge in [-0.05, 0) is 49.9 Å². The SMILES string of the molecule is O=C(NCCNC(=O)C1CCC(C(=O)Nc2ccccn2)CC1)c1cn(-c2ccccc2)nc1C(F)(F)F. The number of para-hydroxylation sites is 1. The van der Waals surface area contributed by atoms with E-state index in [2.05, 4.69) is 26.0 Å². The van der Waals surface area contributed by atoms with Gasteiger partial charge in [-0.3, -0.25) is 14.4 Å². The van der Waals surface area contributed by atoms with Crippen LogP contribution in [0.15, 0.2) is 60.9 Å². The van der Waals surface area contributed by atoms with Gasteiger partial charge < -0.3 is 16.0 Å². The average molecular weight is 529 g/mol. The molecule has 0 atom stereocenters. The molecule has 3 aromatic rings. The molecule has 2 heterocycles. The van der Waals surface area contributed by atoms with Gasteiger partial charge in [0.25, 0.3) is 5.91 Å². The van der Waals surface area contributed by atoms with E-state index in [1.807, 2.05) is 0 Å². The second kappa shape index (κ2) is 11.9. The summed E-state index contributed by atoms with van der Waals surface area (Å²) in [6, 6.07) is 13.4. The summed E-state index contributed by atoms with van der Waals surface area (Å²) in [6.45, 7) is -0.000940. The first kappa shape index (κ1) is 26.8. The first-order valence-electron chi connectivity index (χ1n) is 12.2. The van der Waals surface area contributed by atoms with E-state index >= 15 is 0 Å². The Bertz CT molecular complexity index is 1260. The van der Waals surface area contributed by atoms with E-state index in [0.717, 1.165) is 10.9 Å². The van der Waals surface area contributed by atoms with Crippen molar-refractivity contribution < 1.29 is 27.6 Å². The summed E-state index contributed by atoms with van der Waals surface area (Å²) >= 11 is 0. The first-order chi connectivity index (χ1) is 18.2. The summed E-state index contributed by atoms with van der Waals surface area (Å²) in [5, 5.41) is 11.5. The van der Waals surface area contributed by atoms with Gasteiger partial charge in [-0.15, -0.1) is 0 Å². The van der Waals surface area contributed by atoms with Gasteiger partial charge in [0, 0.05) is 37.3 Å². The molecule has 0 unspecified atom stereocenters. The van der Waals surface area contributed by atoms with Gasteiger partial charge >= 0.3 is 6.18 Å². The van der Waals surface area contributed by atoms with Crippen LogP contribution < -0.4 is 16.0 Å². The standard InChI is InChI=1S/C26H27F3N6O3/c27-26(28,29)22-20(16-35(34-22)19-6-2-1-3-7-19)25(38)32-15-14-31-23(36)17-9-11-18(12-10-17)24(37)33-21-8-4-5-13-30-21/h1-8,13,16-18H,9-12,14-15H2,(H,31,36)(H,32,38)(H,30,33,37). The molecule has 1 aliphatic carbocycles. The molecule has 0 aliphatic heterocycles. The highest BCUT2D eigenvalue weighted by Gasteiger charge is 2.39. The van der Waals surface area contributed by atoms with E-state index in [-0.39, 0.29) is 36.7 Å². The second-order valence-corrected chi connectivity index (χ2v) is 8.97. The minimum atomic E-state index is -4.81. The van der Waals surface area contributed by atoms with Gasteiger partial charge in [0.05, 0.1) is 11.3 Å². The van der Waals surface area contributed by atoms with Crippen molar-refractivity contribution in [2.45, 2.75) is 31.9 Å². The fourth-order valence-corrected chi connectivity index (χ4v) is 4.35. The Morgan fingerprint density at radius 3 is 2.13 bits per heavy atom. The van der Waals surface area contributed by atoms with Crippen LogP contribution in [-0.2, 0) is 15.8 Å². The van der Waals surface area contributed by atoms with Gasteiger partial charge in [-0.25, -0.2) is 9.67 Å². The van der Waals surface area contributed by atoms with Crippen molar-refractivity contribution in [2.75, 3.05) is 18.4 Å². The van der Waals surface area contributed by atoms with Crippen LogP contribution in [-0.4, -0.2) is 45.6 Å². The normalized spacial score (nSPS) is 17.4. The number of nitrogens with one attached hydrogen (secondary N) is 3. The first-order valence-corrected chi connectivity index (χ1v) is 12.2. The van der Waals surface area contributed by atoms with Gasteiger partial charge in [-0.2, -0.15) is 18.3 Å². The lowest BCUT2D eigenvalue weighted by Crippen LogP contribution is -2.39. The molecule has 9 nitrogen and oxygen atoms in total. The van der Waals surface area contributed by atoms with Crippen LogP contribution in [0.5, 0.6) is 0 Å². The largest absolute Gasteiger partial charge is 0.435 e.